The minimum Gasteiger partial charge on any atom is -0.381 e. The number of anilines is 1. The molecule has 1 saturated heterocycles. The molecular weight excluding hydrogens is 248 g/mol. The zero-order valence-electron chi connectivity index (χ0n) is 11.0. The third-order valence-corrected chi connectivity index (χ3v) is 3.48. The van der Waals surface area contributed by atoms with Crippen LogP contribution in [0.15, 0.2) is 18.2 Å². The maximum atomic E-state index is 6.21. The summed E-state index contributed by atoms with van der Waals surface area (Å²) in [5.74, 6) is 0. The van der Waals surface area contributed by atoms with Crippen molar-refractivity contribution in [1.29, 1.82) is 0 Å². The third kappa shape index (κ3) is 3.87. The quantitative estimate of drug-likeness (QED) is 0.881. The smallest absolute Gasteiger partial charge is 0.0640 e. The maximum absolute atomic E-state index is 6.21. The molecule has 4 heteroatoms. The van der Waals surface area contributed by atoms with Gasteiger partial charge in [0.2, 0.25) is 0 Å². The molecule has 1 aromatic rings. The molecule has 2 atom stereocenters. The predicted molar refractivity (Wildman–Crippen MR) is 76.5 cm³/mol. The van der Waals surface area contributed by atoms with E-state index in [-0.39, 0.29) is 0 Å². The SMILES string of the molecule is Cc1ccc(NC(C)CC2COCCN2)c(Cl)c1. The molecule has 2 N–H and O–H groups in total. The molecule has 0 aromatic heterocycles. The lowest BCUT2D eigenvalue weighted by atomic mass is 10.1. The van der Waals surface area contributed by atoms with Crippen molar-refractivity contribution in [3.8, 4) is 0 Å². The first-order chi connectivity index (χ1) is 8.65. The molecule has 0 bridgehead atoms. The van der Waals surface area contributed by atoms with E-state index in [1.54, 1.807) is 0 Å². The van der Waals surface area contributed by atoms with Gasteiger partial charge in [0, 0.05) is 18.6 Å². The van der Waals surface area contributed by atoms with Gasteiger partial charge in [-0.15, -0.1) is 0 Å². The van der Waals surface area contributed by atoms with Crippen molar-refractivity contribution in [1.82, 2.24) is 5.32 Å². The highest BCUT2D eigenvalue weighted by molar-refractivity contribution is 6.33. The van der Waals surface area contributed by atoms with E-state index >= 15 is 0 Å². The fourth-order valence-corrected chi connectivity index (χ4v) is 2.55. The molecule has 0 aliphatic carbocycles. The Bertz CT molecular complexity index is 391. The Morgan fingerprint density at radius 1 is 1.56 bits per heavy atom. The van der Waals surface area contributed by atoms with Gasteiger partial charge < -0.3 is 15.4 Å². The number of benzene rings is 1. The highest BCUT2D eigenvalue weighted by Crippen LogP contribution is 2.24. The second-order valence-electron chi connectivity index (χ2n) is 4.99. The zero-order valence-corrected chi connectivity index (χ0v) is 11.8. The van der Waals surface area contributed by atoms with Gasteiger partial charge in [-0.1, -0.05) is 17.7 Å². The van der Waals surface area contributed by atoms with Gasteiger partial charge in [-0.25, -0.2) is 0 Å². The summed E-state index contributed by atoms with van der Waals surface area (Å²) in [6.07, 6.45) is 1.03. The van der Waals surface area contributed by atoms with Gasteiger partial charge >= 0.3 is 0 Å². The van der Waals surface area contributed by atoms with Crippen molar-refractivity contribution >= 4 is 17.3 Å². The molecule has 0 radical (unpaired) electrons. The first kappa shape index (κ1) is 13.7. The van der Waals surface area contributed by atoms with Crippen molar-refractivity contribution in [2.75, 3.05) is 25.1 Å². The number of rotatable bonds is 4. The molecule has 0 saturated carbocycles. The summed E-state index contributed by atoms with van der Waals surface area (Å²) >= 11 is 6.21. The number of aryl methyl sites for hydroxylation is 1. The van der Waals surface area contributed by atoms with E-state index in [0.29, 0.717) is 12.1 Å². The minimum atomic E-state index is 0.365. The van der Waals surface area contributed by atoms with Crippen LogP contribution in [-0.2, 0) is 4.74 Å². The Labute approximate surface area is 114 Å². The molecule has 1 aromatic carbocycles. The van der Waals surface area contributed by atoms with Crippen LogP contribution in [0.4, 0.5) is 5.69 Å². The molecule has 100 valence electrons. The Morgan fingerprint density at radius 2 is 2.39 bits per heavy atom. The van der Waals surface area contributed by atoms with E-state index in [9.17, 15) is 0 Å². The lowest BCUT2D eigenvalue weighted by Gasteiger charge is -2.27. The summed E-state index contributed by atoms with van der Waals surface area (Å²) in [6.45, 7) is 6.78. The van der Waals surface area contributed by atoms with Crippen LogP contribution in [0, 0.1) is 6.92 Å². The second kappa shape index (κ2) is 6.41. The summed E-state index contributed by atoms with van der Waals surface area (Å²) in [6, 6.07) is 6.90. The Morgan fingerprint density at radius 3 is 3.06 bits per heavy atom. The minimum absolute atomic E-state index is 0.365. The van der Waals surface area contributed by atoms with Gasteiger partial charge in [0.25, 0.3) is 0 Å². The number of halogens is 1. The topological polar surface area (TPSA) is 33.3 Å². The van der Waals surface area contributed by atoms with Gasteiger partial charge in [-0.2, -0.15) is 0 Å². The molecule has 1 aliphatic rings. The van der Waals surface area contributed by atoms with Gasteiger partial charge in [0.05, 0.1) is 23.9 Å². The van der Waals surface area contributed by atoms with Crippen molar-refractivity contribution < 1.29 is 4.74 Å². The fourth-order valence-electron chi connectivity index (χ4n) is 2.26. The van der Waals surface area contributed by atoms with Gasteiger partial charge in [0.1, 0.15) is 0 Å². The van der Waals surface area contributed by atoms with Crippen LogP contribution in [0.3, 0.4) is 0 Å². The first-order valence-electron chi connectivity index (χ1n) is 6.49. The second-order valence-corrected chi connectivity index (χ2v) is 5.40. The average Bonchev–Trinajstić information content (AvgIpc) is 2.34. The lowest BCUT2D eigenvalue weighted by Crippen LogP contribution is -2.43. The van der Waals surface area contributed by atoms with Crippen LogP contribution in [0.5, 0.6) is 0 Å². The number of ether oxygens (including phenoxy) is 1. The molecule has 1 heterocycles. The van der Waals surface area contributed by atoms with Crippen LogP contribution < -0.4 is 10.6 Å². The van der Waals surface area contributed by atoms with Crippen molar-refractivity contribution in [3.05, 3.63) is 28.8 Å². The van der Waals surface area contributed by atoms with E-state index in [4.69, 9.17) is 16.3 Å². The summed E-state index contributed by atoms with van der Waals surface area (Å²) in [5, 5.41) is 7.71. The highest BCUT2D eigenvalue weighted by atomic mass is 35.5. The van der Waals surface area contributed by atoms with E-state index in [0.717, 1.165) is 36.9 Å². The zero-order chi connectivity index (χ0) is 13.0. The summed E-state index contributed by atoms with van der Waals surface area (Å²) in [4.78, 5) is 0. The summed E-state index contributed by atoms with van der Waals surface area (Å²) in [5.41, 5.74) is 2.19. The van der Waals surface area contributed by atoms with E-state index < -0.39 is 0 Å². The number of hydrogen-bond donors (Lipinski definition) is 2. The highest BCUT2D eigenvalue weighted by Gasteiger charge is 2.16. The van der Waals surface area contributed by atoms with Crippen LogP contribution in [0.25, 0.3) is 0 Å². The molecule has 2 unspecified atom stereocenters. The Kier molecular flexibility index (Phi) is 4.87. The summed E-state index contributed by atoms with van der Waals surface area (Å²) in [7, 11) is 0. The Balaban J connectivity index is 1.87. The average molecular weight is 269 g/mol. The van der Waals surface area contributed by atoms with Crippen LogP contribution in [-0.4, -0.2) is 31.8 Å². The van der Waals surface area contributed by atoms with E-state index in [1.165, 1.54) is 5.56 Å². The number of morpholine rings is 1. The molecule has 18 heavy (non-hydrogen) atoms. The largest absolute Gasteiger partial charge is 0.381 e. The summed E-state index contributed by atoms with van der Waals surface area (Å²) < 4.78 is 5.46. The van der Waals surface area contributed by atoms with Crippen LogP contribution in [0.2, 0.25) is 5.02 Å². The number of hydrogen-bond acceptors (Lipinski definition) is 3. The molecule has 3 nitrogen and oxygen atoms in total. The fraction of sp³-hybridized carbons (Fsp3) is 0.571. The lowest BCUT2D eigenvalue weighted by molar-refractivity contribution is 0.0731. The van der Waals surface area contributed by atoms with Crippen molar-refractivity contribution in [3.63, 3.8) is 0 Å². The van der Waals surface area contributed by atoms with Crippen molar-refractivity contribution in [2.24, 2.45) is 0 Å². The standard InChI is InChI=1S/C14H21ClN2O/c1-10-3-4-14(13(15)7-10)17-11(2)8-12-9-18-6-5-16-12/h3-4,7,11-12,16-17H,5-6,8-9H2,1-2H3. The molecular formula is C14H21ClN2O. The number of nitrogens with one attached hydrogen (secondary N) is 2. The normalized spacial score (nSPS) is 21.6. The van der Waals surface area contributed by atoms with Crippen LogP contribution in [0.1, 0.15) is 18.9 Å². The van der Waals surface area contributed by atoms with E-state index in [1.807, 2.05) is 19.1 Å². The third-order valence-electron chi connectivity index (χ3n) is 3.16. The maximum Gasteiger partial charge on any atom is 0.0640 e. The predicted octanol–water partition coefficient (Wildman–Crippen LogP) is 2.83. The Hall–Kier alpha value is -0.770. The molecule has 1 aliphatic heterocycles. The molecule has 0 amide bonds. The molecule has 0 spiro atoms. The molecule has 1 fully saturated rings. The van der Waals surface area contributed by atoms with Crippen molar-refractivity contribution in [2.45, 2.75) is 32.4 Å². The monoisotopic (exact) mass is 268 g/mol. The van der Waals surface area contributed by atoms with E-state index in [2.05, 4.69) is 23.6 Å². The first-order valence-corrected chi connectivity index (χ1v) is 6.87. The van der Waals surface area contributed by atoms with Gasteiger partial charge in [-0.3, -0.25) is 0 Å². The molecule has 2 rings (SSSR count). The van der Waals surface area contributed by atoms with Gasteiger partial charge in [-0.05, 0) is 38.0 Å². The van der Waals surface area contributed by atoms with Crippen LogP contribution >= 0.6 is 11.6 Å². The van der Waals surface area contributed by atoms with Gasteiger partial charge in [0.15, 0.2) is 0 Å².